The molecule has 0 aliphatic heterocycles. The molecule has 1 aliphatic rings. The number of imidazole rings is 1. The number of hydrogen-bond donors (Lipinski definition) is 1. The largest absolute Gasteiger partial charge is 0.335 e. The van der Waals surface area contributed by atoms with Gasteiger partial charge in [-0.3, -0.25) is 0 Å². The summed E-state index contributed by atoms with van der Waals surface area (Å²) in [6, 6.07) is 0.652. The lowest BCUT2D eigenvalue weighted by molar-refractivity contribution is 0.442. The van der Waals surface area contributed by atoms with Gasteiger partial charge >= 0.3 is 0 Å². The lowest BCUT2D eigenvalue weighted by Gasteiger charge is -2.23. The average Bonchev–Trinajstić information content (AvgIpc) is 2.71. The van der Waals surface area contributed by atoms with Crippen molar-refractivity contribution in [3.63, 3.8) is 0 Å². The Morgan fingerprint density at radius 3 is 3.12 bits per heavy atom. The van der Waals surface area contributed by atoms with Crippen molar-refractivity contribution >= 4 is 0 Å². The van der Waals surface area contributed by atoms with Gasteiger partial charge in [0.15, 0.2) is 0 Å². The van der Waals surface area contributed by atoms with Gasteiger partial charge in [-0.25, -0.2) is 4.98 Å². The first-order valence-corrected chi connectivity index (χ1v) is 6.61. The van der Waals surface area contributed by atoms with Crippen LogP contribution in [0, 0.1) is 0 Å². The zero-order valence-electron chi connectivity index (χ0n) is 10.5. The molecule has 2 rings (SSSR count). The minimum Gasteiger partial charge on any atom is -0.335 e. The van der Waals surface area contributed by atoms with Gasteiger partial charge in [0.25, 0.3) is 0 Å². The molecule has 1 unspecified atom stereocenters. The van der Waals surface area contributed by atoms with Gasteiger partial charge in [-0.1, -0.05) is 13.3 Å². The highest BCUT2D eigenvalue weighted by Gasteiger charge is 2.21. The maximum atomic E-state index is 4.53. The van der Waals surface area contributed by atoms with Gasteiger partial charge in [-0.15, -0.1) is 0 Å². The molecule has 0 amide bonds. The van der Waals surface area contributed by atoms with E-state index in [-0.39, 0.29) is 0 Å². The van der Waals surface area contributed by atoms with Crippen LogP contribution in [0.3, 0.4) is 0 Å². The van der Waals surface area contributed by atoms with Crippen molar-refractivity contribution in [2.75, 3.05) is 6.54 Å². The van der Waals surface area contributed by atoms with Gasteiger partial charge in [0.05, 0.1) is 12.0 Å². The maximum Gasteiger partial charge on any atom is 0.0951 e. The highest BCUT2D eigenvalue weighted by molar-refractivity contribution is 5.18. The normalized spacial score (nSPS) is 19.8. The molecule has 0 saturated carbocycles. The van der Waals surface area contributed by atoms with E-state index in [1.807, 2.05) is 6.33 Å². The van der Waals surface area contributed by atoms with E-state index in [1.54, 1.807) is 0 Å². The Labute approximate surface area is 98.3 Å². The van der Waals surface area contributed by atoms with Crippen molar-refractivity contribution in [1.29, 1.82) is 0 Å². The van der Waals surface area contributed by atoms with Gasteiger partial charge in [0.2, 0.25) is 0 Å². The number of hydrogen-bond acceptors (Lipinski definition) is 2. The fourth-order valence-electron chi connectivity index (χ4n) is 2.48. The van der Waals surface area contributed by atoms with Crippen LogP contribution in [0.15, 0.2) is 6.33 Å². The van der Waals surface area contributed by atoms with Gasteiger partial charge in [-0.2, -0.15) is 0 Å². The Bertz CT molecular complexity index is 330. The molecule has 0 fully saturated rings. The van der Waals surface area contributed by atoms with E-state index in [1.165, 1.54) is 37.1 Å². The summed E-state index contributed by atoms with van der Waals surface area (Å²) in [5.41, 5.74) is 2.79. The summed E-state index contributed by atoms with van der Waals surface area (Å²) in [7, 11) is 0. The summed E-state index contributed by atoms with van der Waals surface area (Å²) in [6.07, 6.45) is 8.13. The molecule has 1 N–H and O–H groups in total. The van der Waals surface area contributed by atoms with E-state index in [2.05, 4.69) is 28.7 Å². The van der Waals surface area contributed by atoms with Crippen LogP contribution < -0.4 is 5.32 Å². The molecule has 1 aliphatic carbocycles. The highest BCUT2D eigenvalue weighted by Crippen LogP contribution is 2.20. The second-order valence-electron chi connectivity index (χ2n) is 4.67. The molecule has 1 aromatic heterocycles. The number of aromatic nitrogens is 2. The summed E-state index contributed by atoms with van der Waals surface area (Å²) < 4.78 is 2.29. The molecule has 1 atom stereocenters. The van der Waals surface area contributed by atoms with Crippen LogP contribution in [0.1, 0.15) is 44.5 Å². The summed E-state index contributed by atoms with van der Waals surface area (Å²) in [5.74, 6) is 0. The Morgan fingerprint density at radius 1 is 1.50 bits per heavy atom. The van der Waals surface area contributed by atoms with Crippen molar-refractivity contribution < 1.29 is 0 Å². The Balaban J connectivity index is 1.91. The third-order valence-corrected chi connectivity index (χ3v) is 3.51. The third-order valence-electron chi connectivity index (χ3n) is 3.51. The smallest absolute Gasteiger partial charge is 0.0951 e. The van der Waals surface area contributed by atoms with Gasteiger partial charge in [0, 0.05) is 24.7 Å². The molecule has 3 heteroatoms. The number of nitrogens with one attached hydrogen (secondary N) is 1. The summed E-state index contributed by atoms with van der Waals surface area (Å²) in [5, 5.41) is 3.64. The Hall–Kier alpha value is -0.830. The van der Waals surface area contributed by atoms with Gasteiger partial charge in [0.1, 0.15) is 0 Å². The molecule has 0 aromatic carbocycles. The first-order valence-electron chi connectivity index (χ1n) is 6.61. The highest BCUT2D eigenvalue weighted by atomic mass is 15.1. The lowest BCUT2D eigenvalue weighted by Crippen LogP contribution is -2.35. The van der Waals surface area contributed by atoms with Crippen molar-refractivity contribution in [3.05, 3.63) is 17.7 Å². The third kappa shape index (κ3) is 2.46. The molecule has 0 bridgehead atoms. The molecular weight excluding hydrogens is 198 g/mol. The van der Waals surface area contributed by atoms with E-state index in [0.29, 0.717) is 6.04 Å². The molecule has 0 saturated heterocycles. The van der Waals surface area contributed by atoms with E-state index in [0.717, 1.165) is 19.5 Å². The van der Waals surface area contributed by atoms with Gasteiger partial charge < -0.3 is 9.88 Å². The molecule has 16 heavy (non-hydrogen) atoms. The van der Waals surface area contributed by atoms with Crippen LogP contribution in [-0.2, 0) is 19.4 Å². The first kappa shape index (κ1) is 11.6. The van der Waals surface area contributed by atoms with Gasteiger partial charge in [-0.05, 0) is 32.7 Å². The number of fused-ring (bicyclic) bond motifs is 1. The summed E-state index contributed by atoms with van der Waals surface area (Å²) >= 11 is 0. The maximum absolute atomic E-state index is 4.53. The van der Waals surface area contributed by atoms with Crippen molar-refractivity contribution in [2.45, 2.75) is 58.5 Å². The molecule has 90 valence electrons. The topological polar surface area (TPSA) is 29.9 Å². The molecule has 1 heterocycles. The standard InChI is InChI=1S/C13H23N3/c1-3-5-8-14-11-6-7-13-12(9-11)15-10-16(13)4-2/h10-11,14H,3-9H2,1-2H3. The molecule has 0 spiro atoms. The van der Waals surface area contributed by atoms with Crippen molar-refractivity contribution in [3.8, 4) is 0 Å². The minimum atomic E-state index is 0.652. The summed E-state index contributed by atoms with van der Waals surface area (Å²) in [4.78, 5) is 4.53. The predicted octanol–water partition coefficient (Wildman–Crippen LogP) is 2.15. The van der Waals surface area contributed by atoms with Crippen LogP contribution in [0.5, 0.6) is 0 Å². The Morgan fingerprint density at radius 2 is 2.38 bits per heavy atom. The predicted molar refractivity (Wildman–Crippen MR) is 66.6 cm³/mol. The van der Waals surface area contributed by atoms with Crippen LogP contribution in [0.2, 0.25) is 0 Å². The fourth-order valence-corrected chi connectivity index (χ4v) is 2.48. The molecule has 3 nitrogen and oxygen atoms in total. The van der Waals surface area contributed by atoms with Crippen molar-refractivity contribution in [2.24, 2.45) is 0 Å². The number of aryl methyl sites for hydroxylation is 1. The van der Waals surface area contributed by atoms with E-state index in [9.17, 15) is 0 Å². The molecule has 0 radical (unpaired) electrons. The monoisotopic (exact) mass is 221 g/mol. The van der Waals surface area contributed by atoms with Crippen molar-refractivity contribution in [1.82, 2.24) is 14.9 Å². The van der Waals surface area contributed by atoms with Crippen LogP contribution in [-0.4, -0.2) is 22.1 Å². The number of unbranched alkanes of at least 4 members (excludes halogenated alkanes) is 1. The minimum absolute atomic E-state index is 0.652. The quantitative estimate of drug-likeness (QED) is 0.772. The van der Waals surface area contributed by atoms with Crippen LogP contribution in [0.4, 0.5) is 0 Å². The average molecular weight is 221 g/mol. The zero-order chi connectivity index (χ0) is 11.4. The van der Waals surface area contributed by atoms with Crippen LogP contribution in [0.25, 0.3) is 0 Å². The second kappa shape index (κ2) is 5.48. The van der Waals surface area contributed by atoms with E-state index >= 15 is 0 Å². The van der Waals surface area contributed by atoms with E-state index < -0.39 is 0 Å². The summed E-state index contributed by atoms with van der Waals surface area (Å²) in [6.45, 7) is 6.64. The van der Waals surface area contributed by atoms with Crippen LogP contribution >= 0.6 is 0 Å². The zero-order valence-corrected chi connectivity index (χ0v) is 10.5. The Kier molecular flexibility index (Phi) is 3.99. The fraction of sp³-hybridized carbons (Fsp3) is 0.769. The van der Waals surface area contributed by atoms with E-state index in [4.69, 9.17) is 0 Å². The molecular formula is C13H23N3. The first-order chi connectivity index (χ1) is 7.85. The molecule has 1 aromatic rings. The lowest BCUT2D eigenvalue weighted by atomic mass is 9.95. The SMILES string of the molecule is CCCCNC1CCc2c(ncn2CC)C1. The number of rotatable bonds is 5. The number of nitrogens with zero attached hydrogens (tertiary/aromatic N) is 2. The second-order valence-corrected chi connectivity index (χ2v) is 4.67.